The summed E-state index contributed by atoms with van der Waals surface area (Å²) in [5.41, 5.74) is 0. The summed E-state index contributed by atoms with van der Waals surface area (Å²) in [6.45, 7) is 5.94. The monoisotopic (exact) mass is 234 g/mol. The Morgan fingerprint density at radius 2 is 2.25 bits per heavy atom. The zero-order valence-electron chi connectivity index (χ0n) is 10.0. The first-order chi connectivity index (χ1) is 7.49. The van der Waals surface area contributed by atoms with Gasteiger partial charge in [-0.1, -0.05) is 6.92 Å². The van der Waals surface area contributed by atoms with Gasteiger partial charge in [0, 0.05) is 0 Å². The summed E-state index contributed by atoms with van der Waals surface area (Å²) in [5, 5.41) is 0. The molecule has 0 bridgehead atoms. The van der Waals surface area contributed by atoms with E-state index in [1.807, 2.05) is 13.8 Å². The molecule has 0 radical (unpaired) electrons. The van der Waals surface area contributed by atoms with Crippen LogP contribution >= 0.6 is 0 Å². The van der Waals surface area contributed by atoms with E-state index in [-0.39, 0.29) is 12.2 Å². The van der Waals surface area contributed by atoms with E-state index in [2.05, 4.69) is 18.9 Å². The molecule has 1 aliphatic heterocycles. The van der Waals surface area contributed by atoms with E-state index in [9.17, 15) is 9.59 Å². The molecular weight excluding hydrogens is 216 g/mol. The van der Waals surface area contributed by atoms with Crippen LogP contribution in [0.5, 0.6) is 0 Å². The summed E-state index contributed by atoms with van der Waals surface area (Å²) < 4.78 is 17.9. The van der Waals surface area contributed by atoms with Crippen LogP contribution in [0.25, 0.3) is 0 Å². The quantitative estimate of drug-likeness (QED) is 0.681. The van der Waals surface area contributed by atoms with Gasteiger partial charge in [0.05, 0.1) is 7.11 Å². The highest BCUT2D eigenvalue weighted by molar-refractivity contribution is 5.61. The normalized spacial score (nSPS) is 19.8. The van der Waals surface area contributed by atoms with E-state index in [1.54, 1.807) is 6.92 Å². The first-order valence-electron chi connectivity index (χ1n) is 5.07. The van der Waals surface area contributed by atoms with Crippen LogP contribution in [-0.2, 0) is 18.9 Å². The Balaban J connectivity index is 0.000000288. The van der Waals surface area contributed by atoms with Gasteiger partial charge in [-0.15, -0.1) is 0 Å². The van der Waals surface area contributed by atoms with Gasteiger partial charge in [-0.25, -0.2) is 9.59 Å². The van der Waals surface area contributed by atoms with Gasteiger partial charge in [-0.2, -0.15) is 0 Å². The molecule has 0 aliphatic carbocycles. The Morgan fingerprint density at radius 3 is 2.50 bits per heavy atom. The summed E-state index contributed by atoms with van der Waals surface area (Å²) in [4.78, 5) is 20.3. The molecule has 0 aromatic carbocycles. The molecule has 0 amide bonds. The Morgan fingerprint density at radius 1 is 1.62 bits per heavy atom. The second-order valence-electron chi connectivity index (χ2n) is 3.28. The highest BCUT2D eigenvalue weighted by Crippen LogP contribution is 2.02. The number of methoxy groups -OCH3 is 1. The molecule has 1 rings (SSSR count). The molecule has 1 saturated heterocycles. The van der Waals surface area contributed by atoms with Crippen LogP contribution in [0.3, 0.4) is 0 Å². The lowest BCUT2D eigenvalue weighted by Crippen LogP contribution is -2.13. The van der Waals surface area contributed by atoms with Gasteiger partial charge >= 0.3 is 12.3 Å². The van der Waals surface area contributed by atoms with E-state index in [1.165, 1.54) is 7.11 Å². The average molecular weight is 234 g/mol. The van der Waals surface area contributed by atoms with Crippen molar-refractivity contribution in [2.24, 2.45) is 0 Å². The molecule has 1 heterocycles. The molecule has 0 spiro atoms. The highest BCUT2D eigenvalue weighted by Gasteiger charge is 2.19. The summed E-state index contributed by atoms with van der Waals surface area (Å²) in [6.07, 6.45) is -0.434. The summed E-state index contributed by atoms with van der Waals surface area (Å²) >= 11 is 0. The zero-order valence-corrected chi connectivity index (χ0v) is 10.0. The Hall–Kier alpha value is -1.46. The molecule has 0 saturated carbocycles. The first-order valence-corrected chi connectivity index (χ1v) is 5.07. The molecule has 0 N–H and O–H groups in total. The number of carbonyl (C=O) groups excluding carboxylic acids is 2. The van der Waals surface area contributed by atoms with Gasteiger partial charge in [-0.05, 0) is 20.3 Å². The number of ether oxygens (including phenoxy) is 4. The van der Waals surface area contributed by atoms with Crippen molar-refractivity contribution in [2.75, 3.05) is 13.7 Å². The fourth-order valence-corrected chi connectivity index (χ4v) is 0.713. The molecule has 2 unspecified atom stereocenters. The van der Waals surface area contributed by atoms with Crippen molar-refractivity contribution in [2.45, 2.75) is 39.4 Å². The fourth-order valence-electron chi connectivity index (χ4n) is 0.713. The van der Waals surface area contributed by atoms with E-state index in [0.29, 0.717) is 6.61 Å². The fraction of sp³-hybridized carbons (Fsp3) is 0.800. The van der Waals surface area contributed by atoms with Crippen LogP contribution in [-0.4, -0.2) is 38.2 Å². The van der Waals surface area contributed by atoms with Crippen LogP contribution in [0.15, 0.2) is 0 Å². The molecule has 1 aliphatic rings. The van der Waals surface area contributed by atoms with Crippen molar-refractivity contribution in [1.29, 1.82) is 0 Å². The molecule has 6 nitrogen and oxygen atoms in total. The van der Waals surface area contributed by atoms with Gasteiger partial charge < -0.3 is 18.9 Å². The van der Waals surface area contributed by atoms with Crippen LogP contribution in [0.1, 0.15) is 27.2 Å². The number of hydrogen-bond donors (Lipinski definition) is 0. The van der Waals surface area contributed by atoms with Gasteiger partial charge in [0.25, 0.3) is 0 Å². The van der Waals surface area contributed by atoms with Gasteiger partial charge in [0.2, 0.25) is 0 Å². The van der Waals surface area contributed by atoms with Crippen LogP contribution in [0.2, 0.25) is 0 Å². The molecule has 2 atom stereocenters. The van der Waals surface area contributed by atoms with E-state index >= 15 is 0 Å². The Kier molecular flexibility index (Phi) is 7.07. The predicted molar refractivity (Wildman–Crippen MR) is 55.1 cm³/mol. The minimum atomic E-state index is -0.607. The van der Waals surface area contributed by atoms with E-state index in [0.717, 1.165) is 6.42 Å². The van der Waals surface area contributed by atoms with Gasteiger partial charge in [0.1, 0.15) is 18.8 Å². The van der Waals surface area contributed by atoms with Crippen molar-refractivity contribution in [1.82, 2.24) is 0 Å². The zero-order chi connectivity index (χ0) is 12.6. The van der Waals surface area contributed by atoms with E-state index < -0.39 is 12.3 Å². The number of hydrogen-bond acceptors (Lipinski definition) is 6. The molecule has 6 heteroatoms. The molecule has 0 aromatic rings. The molecule has 1 fully saturated rings. The van der Waals surface area contributed by atoms with Crippen molar-refractivity contribution >= 4 is 12.3 Å². The topological polar surface area (TPSA) is 71.1 Å². The average Bonchev–Trinajstić information content (AvgIpc) is 2.63. The highest BCUT2D eigenvalue weighted by atomic mass is 16.8. The number of carbonyl (C=O) groups is 2. The number of cyclic esters (lactones) is 2. The van der Waals surface area contributed by atoms with Crippen molar-refractivity contribution in [3.8, 4) is 0 Å². The predicted octanol–water partition coefficient (Wildman–Crippen LogP) is 2.11. The van der Waals surface area contributed by atoms with Gasteiger partial charge in [-0.3, -0.25) is 0 Å². The Labute approximate surface area is 94.8 Å². The third-order valence-corrected chi connectivity index (χ3v) is 1.77. The lowest BCUT2D eigenvalue weighted by atomic mass is 10.3. The minimum absolute atomic E-state index is 0.0440. The van der Waals surface area contributed by atoms with Gasteiger partial charge in [0.15, 0.2) is 0 Å². The molecule has 16 heavy (non-hydrogen) atoms. The molecular formula is C10H18O6. The maximum absolute atomic E-state index is 10.3. The van der Waals surface area contributed by atoms with Crippen LogP contribution in [0, 0.1) is 0 Å². The SMILES string of the molecule is CC1COC(=O)O1.CCC(C)OC(=O)OC. The molecule has 94 valence electrons. The minimum Gasteiger partial charge on any atom is -0.438 e. The third kappa shape index (κ3) is 6.92. The second kappa shape index (κ2) is 7.78. The lowest BCUT2D eigenvalue weighted by Gasteiger charge is -2.07. The summed E-state index contributed by atoms with van der Waals surface area (Å²) in [7, 11) is 1.30. The maximum Gasteiger partial charge on any atom is 0.508 e. The second-order valence-corrected chi connectivity index (χ2v) is 3.28. The third-order valence-electron chi connectivity index (χ3n) is 1.77. The largest absolute Gasteiger partial charge is 0.508 e. The van der Waals surface area contributed by atoms with E-state index in [4.69, 9.17) is 0 Å². The van der Waals surface area contributed by atoms with Crippen LogP contribution in [0.4, 0.5) is 9.59 Å². The number of rotatable bonds is 2. The summed E-state index contributed by atoms with van der Waals surface area (Å²) in [5.74, 6) is 0. The summed E-state index contributed by atoms with van der Waals surface area (Å²) in [6, 6.07) is 0. The standard InChI is InChI=1S/C6H12O3.C4H6O3/c1-4-5(2)9-6(7)8-3;1-3-2-6-4(5)7-3/h5H,4H2,1-3H3;3H,2H2,1H3. The van der Waals surface area contributed by atoms with Crippen molar-refractivity contribution < 1.29 is 28.5 Å². The molecule has 0 aromatic heterocycles. The van der Waals surface area contributed by atoms with Crippen molar-refractivity contribution in [3.05, 3.63) is 0 Å². The van der Waals surface area contributed by atoms with Crippen LogP contribution < -0.4 is 0 Å². The maximum atomic E-state index is 10.3. The Bertz CT molecular complexity index is 227. The smallest absolute Gasteiger partial charge is 0.438 e. The lowest BCUT2D eigenvalue weighted by molar-refractivity contribution is 0.0423. The first kappa shape index (κ1) is 14.5. The van der Waals surface area contributed by atoms with Crippen molar-refractivity contribution in [3.63, 3.8) is 0 Å².